The minimum absolute atomic E-state index is 0.303. The summed E-state index contributed by atoms with van der Waals surface area (Å²) in [6.07, 6.45) is 6.69. The van der Waals surface area contributed by atoms with Gasteiger partial charge in [0.2, 0.25) is 0 Å². The van der Waals surface area contributed by atoms with Gasteiger partial charge in [-0.15, -0.1) is 23.5 Å². The molecule has 1 saturated carbocycles. The normalized spacial score (nSPS) is 27.9. The van der Waals surface area contributed by atoms with Crippen LogP contribution in [0.3, 0.4) is 0 Å². The highest BCUT2D eigenvalue weighted by Gasteiger charge is 2.41. The second-order valence-corrected chi connectivity index (χ2v) is 12.6. The lowest BCUT2D eigenvalue weighted by Crippen LogP contribution is -2.27. The molecule has 2 atom stereocenters. The molecular weight excluding hydrogens is 280 g/mol. The second kappa shape index (κ2) is 6.69. The Kier molecular flexibility index (Phi) is 6.18. The zero-order chi connectivity index (χ0) is 15.6. The van der Waals surface area contributed by atoms with Crippen LogP contribution >= 0.6 is 23.5 Å². The van der Waals surface area contributed by atoms with Crippen LogP contribution in [0, 0.1) is 5.92 Å². The Morgan fingerprint density at radius 3 is 2.20 bits per heavy atom. The molecule has 0 spiro atoms. The van der Waals surface area contributed by atoms with Crippen molar-refractivity contribution in [1.29, 1.82) is 0 Å². The predicted octanol–water partition coefficient (Wildman–Crippen LogP) is 6.90. The molecule has 1 fully saturated rings. The molecule has 1 aliphatic rings. The Bertz CT molecular complexity index is 332. The summed E-state index contributed by atoms with van der Waals surface area (Å²) in [6, 6.07) is 0. The van der Waals surface area contributed by atoms with Crippen LogP contribution in [0.5, 0.6) is 0 Å². The molecule has 0 aromatic rings. The highest BCUT2D eigenvalue weighted by atomic mass is 32.2. The zero-order valence-corrected chi connectivity index (χ0v) is 16.3. The van der Waals surface area contributed by atoms with Crippen molar-refractivity contribution in [3.05, 3.63) is 11.5 Å². The average molecular weight is 315 g/mol. The average Bonchev–Trinajstić information content (AvgIpc) is 2.56. The summed E-state index contributed by atoms with van der Waals surface area (Å²) < 4.78 is 1.20. The highest BCUT2D eigenvalue weighted by molar-refractivity contribution is 8.04. The smallest absolute Gasteiger partial charge is 0.0165 e. The summed E-state index contributed by atoms with van der Waals surface area (Å²) >= 11 is 4.18. The van der Waals surface area contributed by atoms with Gasteiger partial charge in [-0.05, 0) is 42.9 Å². The lowest BCUT2D eigenvalue weighted by Gasteiger charge is -2.34. The van der Waals surface area contributed by atoms with Crippen molar-refractivity contribution in [2.24, 2.45) is 5.92 Å². The van der Waals surface area contributed by atoms with Gasteiger partial charge in [-0.3, -0.25) is 0 Å². The topological polar surface area (TPSA) is 0 Å². The fourth-order valence-electron chi connectivity index (χ4n) is 3.30. The van der Waals surface area contributed by atoms with Crippen LogP contribution in [-0.4, -0.2) is 14.2 Å². The molecule has 0 heterocycles. The van der Waals surface area contributed by atoms with Crippen molar-refractivity contribution in [2.45, 2.75) is 94.8 Å². The molecule has 0 bridgehead atoms. The summed E-state index contributed by atoms with van der Waals surface area (Å²) in [7, 11) is 0. The standard InChI is InChI=1S/C18H34S2/c1-9-18(20-17(6,7)8)11-10-15(13-18)12-14(2)19-16(3,4)5/h15H,2,9-13H2,1,3-8H3. The van der Waals surface area contributed by atoms with Crippen molar-refractivity contribution >= 4 is 23.5 Å². The van der Waals surface area contributed by atoms with Crippen LogP contribution in [0.15, 0.2) is 11.5 Å². The first-order valence-electron chi connectivity index (χ1n) is 8.02. The minimum atomic E-state index is 0.303. The lowest BCUT2D eigenvalue weighted by atomic mass is 9.99. The van der Waals surface area contributed by atoms with Gasteiger partial charge in [0.15, 0.2) is 0 Å². The molecule has 2 heteroatoms. The van der Waals surface area contributed by atoms with E-state index >= 15 is 0 Å². The van der Waals surface area contributed by atoms with Gasteiger partial charge in [-0.2, -0.15) is 0 Å². The second-order valence-electron chi connectivity index (χ2n) is 8.32. The van der Waals surface area contributed by atoms with E-state index in [0.717, 1.165) is 5.92 Å². The van der Waals surface area contributed by atoms with Crippen LogP contribution in [0.2, 0.25) is 0 Å². The molecular formula is C18H34S2. The maximum atomic E-state index is 4.31. The van der Waals surface area contributed by atoms with Gasteiger partial charge in [0, 0.05) is 14.2 Å². The molecule has 0 aromatic heterocycles. The van der Waals surface area contributed by atoms with Crippen molar-refractivity contribution in [3.8, 4) is 0 Å². The van der Waals surface area contributed by atoms with Gasteiger partial charge >= 0.3 is 0 Å². The zero-order valence-electron chi connectivity index (χ0n) is 14.6. The third kappa shape index (κ3) is 6.47. The summed E-state index contributed by atoms with van der Waals surface area (Å²) in [5, 5.41) is 0. The quantitative estimate of drug-likeness (QED) is 0.541. The Hall–Kier alpha value is 0.440. The summed E-state index contributed by atoms with van der Waals surface area (Å²) in [6.45, 7) is 20.6. The molecule has 0 nitrogen and oxygen atoms in total. The van der Waals surface area contributed by atoms with E-state index in [1.807, 2.05) is 11.8 Å². The number of hydrogen-bond acceptors (Lipinski definition) is 2. The monoisotopic (exact) mass is 314 g/mol. The Balaban J connectivity index is 2.55. The van der Waals surface area contributed by atoms with Crippen molar-refractivity contribution < 1.29 is 0 Å². The fraction of sp³-hybridized carbons (Fsp3) is 0.889. The van der Waals surface area contributed by atoms with Gasteiger partial charge in [0.1, 0.15) is 0 Å². The van der Waals surface area contributed by atoms with E-state index in [4.69, 9.17) is 0 Å². The van der Waals surface area contributed by atoms with Crippen molar-refractivity contribution in [1.82, 2.24) is 0 Å². The van der Waals surface area contributed by atoms with Gasteiger partial charge in [0.05, 0.1) is 0 Å². The fourth-order valence-corrected chi connectivity index (χ4v) is 6.47. The van der Waals surface area contributed by atoms with Gasteiger partial charge in [0.25, 0.3) is 0 Å². The number of hydrogen-bond donors (Lipinski definition) is 0. The molecule has 0 amide bonds. The Morgan fingerprint density at radius 2 is 1.75 bits per heavy atom. The number of allylic oxidation sites excluding steroid dienone is 1. The Morgan fingerprint density at radius 1 is 1.15 bits per heavy atom. The molecule has 118 valence electrons. The minimum Gasteiger partial charge on any atom is -0.149 e. The summed E-state index contributed by atoms with van der Waals surface area (Å²) in [5.74, 6) is 0.854. The highest BCUT2D eigenvalue weighted by Crippen LogP contribution is 2.53. The van der Waals surface area contributed by atoms with Crippen LogP contribution in [0.4, 0.5) is 0 Å². The lowest BCUT2D eigenvalue weighted by molar-refractivity contribution is 0.510. The van der Waals surface area contributed by atoms with E-state index in [1.54, 1.807) is 0 Å². The first-order chi connectivity index (χ1) is 8.95. The SMILES string of the molecule is C=C(CC1CCC(CC)(SC(C)(C)C)C1)SC(C)(C)C. The molecule has 0 radical (unpaired) electrons. The molecule has 0 aromatic carbocycles. The molecule has 0 N–H and O–H groups in total. The third-order valence-corrected chi connectivity index (χ3v) is 6.58. The van der Waals surface area contributed by atoms with Crippen LogP contribution in [0.25, 0.3) is 0 Å². The number of thioether (sulfide) groups is 2. The van der Waals surface area contributed by atoms with E-state index in [0.29, 0.717) is 14.2 Å². The molecule has 20 heavy (non-hydrogen) atoms. The summed E-state index contributed by atoms with van der Waals surface area (Å²) in [4.78, 5) is 1.38. The molecule has 0 saturated heterocycles. The maximum Gasteiger partial charge on any atom is 0.0165 e. The van der Waals surface area contributed by atoms with Gasteiger partial charge < -0.3 is 0 Å². The van der Waals surface area contributed by atoms with Crippen molar-refractivity contribution in [2.75, 3.05) is 0 Å². The molecule has 2 unspecified atom stereocenters. The first-order valence-corrected chi connectivity index (χ1v) is 9.65. The van der Waals surface area contributed by atoms with Crippen LogP contribution in [0.1, 0.15) is 80.6 Å². The summed E-state index contributed by atoms with van der Waals surface area (Å²) in [5.41, 5.74) is 0. The van der Waals surface area contributed by atoms with Crippen molar-refractivity contribution in [3.63, 3.8) is 0 Å². The predicted molar refractivity (Wildman–Crippen MR) is 98.8 cm³/mol. The molecule has 1 rings (SSSR count). The first kappa shape index (κ1) is 18.5. The van der Waals surface area contributed by atoms with E-state index in [1.165, 1.54) is 37.0 Å². The third-order valence-electron chi connectivity index (χ3n) is 3.80. The number of rotatable bonds is 5. The maximum absolute atomic E-state index is 4.31. The van der Waals surface area contributed by atoms with E-state index in [-0.39, 0.29) is 0 Å². The van der Waals surface area contributed by atoms with E-state index in [9.17, 15) is 0 Å². The van der Waals surface area contributed by atoms with E-state index in [2.05, 4.69) is 66.8 Å². The van der Waals surface area contributed by atoms with Crippen LogP contribution < -0.4 is 0 Å². The molecule has 1 aliphatic carbocycles. The van der Waals surface area contributed by atoms with Crippen LogP contribution in [-0.2, 0) is 0 Å². The van der Waals surface area contributed by atoms with Gasteiger partial charge in [-0.25, -0.2) is 0 Å². The van der Waals surface area contributed by atoms with Gasteiger partial charge in [-0.1, -0.05) is 55.0 Å². The Labute approximate surface area is 135 Å². The largest absolute Gasteiger partial charge is 0.149 e. The molecule has 0 aliphatic heterocycles. The van der Waals surface area contributed by atoms with E-state index < -0.39 is 0 Å².